The van der Waals surface area contributed by atoms with E-state index in [4.69, 9.17) is 5.11 Å². The zero-order chi connectivity index (χ0) is 14.7. The van der Waals surface area contributed by atoms with Crippen LogP contribution in [0.2, 0.25) is 0 Å². The fourth-order valence-electron chi connectivity index (χ4n) is 2.31. The molecule has 0 aliphatic rings. The Kier molecular flexibility index (Phi) is 3.89. The van der Waals surface area contributed by atoms with E-state index >= 15 is 0 Å². The van der Waals surface area contributed by atoms with E-state index in [-0.39, 0.29) is 16.8 Å². The third-order valence-electron chi connectivity index (χ3n) is 3.35. The number of aromatic nitrogens is 1. The third-order valence-corrected chi connectivity index (χ3v) is 3.35. The van der Waals surface area contributed by atoms with Gasteiger partial charge in [-0.1, -0.05) is 30.3 Å². The number of carbonyl (C=O) groups is 2. The first-order valence-corrected chi connectivity index (χ1v) is 6.22. The molecule has 2 aromatic rings. The Bertz CT molecular complexity index is 644. The quantitative estimate of drug-likeness (QED) is 0.647. The van der Waals surface area contributed by atoms with Gasteiger partial charge in [0, 0.05) is 5.56 Å². The predicted octanol–water partition coefficient (Wildman–Crippen LogP) is 2.33. The lowest BCUT2D eigenvalue weighted by molar-refractivity contribution is 0.0638. The maximum atomic E-state index is 11.1. The van der Waals surface area contributed by atoms with Crippen molar-refractivity contribution in [2.24, 2.45) is 0 Å². The van der Waals surface area contributed by atoms with Gasteiger partial charge in [-0.25, -0.2) is 4.79 Å². The lowest BCUT2D eigenvalue weighted by atomic mass is 10.0. The fraction of sp³-hybridized carbons (Fsp3) is 0.200. The number of nitrogens with zero attached hydrogens (tertiary/aromatic N) is 1. The van der Waals surface area contributed by atoms with Gasteiger partial charge in [-0.05, 0) is 30.9 Å². The Morgan fingerprint density at radius 3 is 2.45 bits per heavy atom. The summed E-state index contributed by atoms with van der Waals surface area (Å²) in [5, 5.41) is 19.0. The van der Waals surface area contributed by atoms with Crippen LogP contribution in [0.1, 0.15) is 37.7 Å². The van der Waals surface area contributed by atoms with Crippen LogP contribution < -0.4 is 0 Å². The summed E-state index contributed by atoms with van der Waals surface area (Å²) in [4.78, 5) is 22.2. The van der Waals surface area contributed by atoms with Gasteiger partial charge in [0.1, 0.15) is 0 Å². The van der Waals surface area contributed by atoms with Crippen molar-refractivity contribution in [1.29, 1.82) is 0 Å². The molecule has 2 rings (SSSR count). The maximum Gasteiger partial charge on any atom is 0.356 e. The molecule has 1 aromatic carbocycles. The van der Waals surface area contributed by atoms with E-state index in [0.717, 1.165) is 5.56 Å². The van der Waals surface area contributed by atoms with Gasteiger partial charge in [-0.15, -0.1) is 0 Å². The molecule has 5 heteroatoms. The highest BCUT2D eigenvalue weighted by atomic mass is 16.5. The van der Waals surface area contributed by atoms with Crippen LogP contribution in [0.4, 0.5) is 0 Å². The molecule has 0 aliphatic heterocycles. The molecular formula is C15H15NO4. The third kappa shape index (κ3) is 2.42. The number of hydrogen-bond donors (Lipinski definition) is 2. The number of carbonyl (C=O) groups excluding carboxylic acids is 1. The summed E-state index contributed by atoms with van der Waals surface area (Å²) in [5.74, 6) is -1.25. The van der Waals surface area contributed by atoms with Crippen molar-refractivity contribution in [3.63, 3.8) is 0 Å². The van der Waals surface area contributed by atoms with Gasteiger partial charge >= 0.3 is 5.97 Å². The van der Waals surface area contributed by atoms with Crippen molar-refractivity contribution in [2.45, 2.75) is 19.8 Å². The zero-order valence-electron chi connectivity index (χ0n) is 11.0. The highest BCUT2D eigenvalue weighted by molar-refractivity contribution is 5.92. The summed E-state index contributed by atoms with van der Waals surface area (Å²) in [5.41, 5.74) is 1.67. The van der Waals surface area contributed by atoms with Crippen molar-refractivity contribution >= 4 is 12.3 Å². The minimum Gasteiger partial charge on any atom is -0.476 e. The van der Waals surface area contributed by atoms with Crippen molar-refractivity contribution in [2.75, 3.05) is 0 Å². The molecule has 0 aliphatic carbocycles. The van der Waals surface area contributed by atoms with Crippen LogP contribution in [0.25, 0.3) is 0 Å². The molecule has 5 nitrogen and oxygen atoms in total. The average molecular weight is 273 g/mol. The standard InChI is InChI=1S/C15H15NO4/c1-10-12(9-17)13(16(20)14(10)15(18)19)8-7-11-5-3-2-4-6-11/h2-6,9,20H,7-8H2,1H3,(H,18,19). The largest absolute Gasteiger partial charge is 0.476 e. The molecule has 0 atom stereocenters. The molecule has 0 radical (unpaired) electrons. The summed E-state index contributed by atoms with van der Waals surface area (Å²) < 4.78 is 0.615. The number of aryl methyl sites for hydroxylation is 1. The van der Waals surface area contributed by atoms with Gasteiger partial charge in [0.2, 0.25) is 0 Å². The molecule has 0 bridgehead atoms. The molecular weight excluding hydrogens is 258 g/mol. The van der Waals surface area contributed by atoms with Crippen LogP contribution in [0.5, 0.6) is 0 Å². The van der Waals surface area contributed by atoms with E-state index in [1.165, 1.54) is 6.92 Å². The Balaban J connectivity index is 2.34. The molecule has 0 saturated carbocycles. The number of hydrogen-bond acceptors (Lipinski definition) is 3. The minimum atomic E-state index is -1.25. The average Bonchev–Trinajstić information content (AvgIpc) is 2.67. The predicted molar refractivity (Wildman–Crippen MR) is 72.6 cm³/mol. The Labute approximate surface area is 116 Å². The van der Waals surface area contributed by atoms with Crippen LogP contribution in [0, 0.1) is 6.92 Å². The molecule has 2 N–H and O–H groups in total. The highest BCUT2D eigenvalue weighted by Crippen LogP contribution is 2.21. The van der Waals surface area contributed by atoms with Crippen molar-refractivity contribution in [3.8, 4) is 0 Å². The van der Waals surface area contributed by atoms with Crippen LogP contribution in [-0.2, 0) is 12.8 Å². The first-order valence-electron chi connectivity index (χ1n) is 6.22. The SMILES string of the molecule is Cc1c(C=O)c(CCc2ccccc2)n(O)c1C(=O)O. The summed E-state index contributed by atoms with van der Waals surface area (Å²) in [7, 11) is 0. The molecule has 1 aromatic heterocycles. The van der Waals surface area contributed by atoms with Gasteiger partial charge in [0.15, 0.2) is 12.0 Å². The lowest BCUT2D eigenvalue weighted by Crippen LogP contribution is -2.09. The second-order valence-electron chi connectivity index (χ2n) is 4.55. The molecule has 0 unspecified atom stereocenters. The van der Waals surface area contributed by atoms with E-state index in [1.54, 1.807) is 0 Å². The Morgan fingerprint density at radius 1 is 1.25 bits per heavy atom. The van der Waals surface area contributed by atoms with Gasteiger partial charge in [0.05, 0.1) is 5.69 Å². The van der Waals surface area contributed by atoms with Gasteiger partial charge in [-0.2, -0.15) is 4.73 Å². The second kappa shape index (κ2) is 5.61. The van der Waals surface area contributed by atoms with Crippen molar-refractivity contribution in [3.05, 3.63) is 58.4 Å². The van der Waals surface area contributed by atoms with Gasteiger partial charge in [0.25, 0.3) is 0 Å². The topological polar surface area (TPSA) is 79.5 Å². The zero-order valence-corrected chi connectivity index (χ0v) is 11.0. The molecule has 0 fully saturated rings. The molecule has 0 saturated heterocycles. The normalized spacial score (nSPS) is 10.4. The van der Waals surface area contributed by atoms with Gasteiger partial charge in [-0.3, -0.25) is 4.79 Å². The van der Waals surface area contributed by atoms with E-state index in [9.17, 15) is 14.8 Å². The number of carboxylic acid groups (broad SMARTS) is 1. The van der Waals surface area contributed by atoms with Crippen LogP contribution in [-0.4, -0.2) is 27.3 Å². The van der Waals surface area contributed by atoms with Crippen LogP contribution >= 0.6 is 0 Å². The van der Waals surface area contributed by atoms with Crippen molar-refractivity contribution in [1.82, 2.24) is 4.73 Å². The van der Waals surface area contributed by atoms with Gasteiger partial charge < -0.3 is 10.3 Å². The van der Waals surface area contributed by atoms with Crippen LogP contribution in [0.15, 0.2) is 30.3 Å². The first kappa shape index (κ1) is 13.9. The molecule has 104 valence electrons. The molecule has 0 spiro atoms. The monoisotopic (exact) mass is 273 g/mol. The van der Waals surface area contributed by atoms with E-state index in [1.807, 2.05) is 30.3 Å². The molecule has 20 heavy (non-hydrogen) atoms. The highest BCUT2D eigenvalue weighted by Gasteiger charge is 2.23. The summed E-state index contributed by atoms with van der Waals surface area (Å²) in [6.45, 7) is 1.52. The minimum absolute atomic E-state index is 0.251. The fourth-order valence-corrected chi connectivity index (χ4v) is 2.31. The Hall–Kier alpha value is -2.56. The lowest BCUT2D eigenvalue weighted by Gasteiger charge is -2.05. The maximum absolute atomic E-state index is 11.1. The summed E-state index contributed by atoms with van der Waals surface area (Å²) >= 11 is 0. The Morgan fingerprint density at radius 2 is 1.90 bits per heavy atom. The number of aldehydes is 1. The molecule has 1 heterocycles. The second-order valence-corrected chi connectivity index (χ2v) is 4.55. The van der Waals surface area contributed by atoms with E-state index in [2.05, 4.69) is 0 Å². The van der Waals surface area contributed by atoms with E-state index in [0.29, 0.717) is 29.6 Å². The smallest absolute Gasteiger partial charge is 0.356 e. The summed E-state index contributed by atoms with van der Waals surface area (Å²) in [6.07, 6.45) is 1.60. The van der Waals surface area contributed by atoms with E-state index < -0.39 is 5.97 Å². The number of carboxylic acids is 1. The molecule has 0 amide bonds. The number of aromatic carboxylic acids is 1. The van der Waals surface area contributed by atoms with Crippen molar-refractivity contribution < 1.29 is 19.9 Å². The number of benzene rings is 1. The van der Waals surface area contributed by atoms with Crippen LogP contribution in [0.3, 0.4) is 0 Å². The summed E-state index contributed by atoms with van der Waals surface area (Å²) in [6, 6.07) is 9.60. The number of rotatable bonds is 5. The first-order chi connectivity index (χ1) is 9.56.